The monoisotopic (exact) mass is 375 g/mol. The van der Waals surface area contributed by atoms with Crippen LogP contribution in [0.25, 0.3) is 0 Å². The molecule has 4 rings (SSSR count). The van der Waals surface area contributed by atoms with Crippen LogP contribution in [-0.2, 0) is 16.1 Å². The Morgan fingerprint density at radius 2 is 2.33 bits per heavy atom. The van der Waals surface area contributed by atoms with Crippen LogP contribution in [0.2, 0.25) is 0 Å². The average Bonchev–Trinajstić information content (AvgIpc) is 3.44. The van der Waals surface area contributed by atoms with Gasteiger partial charge in [0.1, 0.15) is 11.9 Å². The summed E-state index contributed by atoms with van der Waals surface area (Å²) in [7, 11) is 1.46. The normalized spacial score (nSPS) is 24.5. The minimum atomic E-state index is -0.504. The van der Waals surface area contributed by atoms with Gasteiger partial charge in [-0.05, 0) is 36.0 Å². The number of carbonyl (C=O) groups excluding carboxylic acids is 2. The maximum absolute atomic E-state index is 12.6. The highest BCUT2D eigenvalue weighted by Crippen LogP contribution is 2.34. The van der Waals surface area contributed by atoms with Gasteiger partial charge in [0.05, 0.1) is 32.1 Å². The lowest BCUT2D eigenvalue weighted by Crippen LogP contribution is -2.45. The Morgan fingerprint density at radius 1 is 1.44 bits per heavy atom. The van der Waals surface area contributed by atoms with Crippen LogP contribution in [0, 0.1) is 5.92 Å². The third-order valence-corrected chi connectivity index (χ3v) is 5.06. The highest BCUT2D eigenvalue weighted by Gasteiger charge is 2.43. The molecule has 2 aromatic rings. The fourth-order valence-electron chi connectivity index (χ4n) is 3.60. The first kappa shape index (κ1) is 17.6. The number of nitrogens with one attached hydrogen (secondary N) is 1. The first-order valence-corrected chi connectivity index (χ1v) is 8.89. The zero-order valence-corrected chi connectivity index (χ0v) is 14.9. The van der Waals surface area contributed by atoms with E-state index in [1.54, 1.807) is 23.3 Å². The van der Waals surface area contributed by atoms with Gasteiger partial charge in [-0.2, -0.15) is 0 Å². The van der Waals surface area contributed by atoms with Crippen molar-refractivity contribution in [3.63, 3.8) is 0 Å². The van der Waals surface area contributed by atoms with Crippen LogP contribution >= 0.6 is 0 Å². The molecule has 2 amide bonds. The molecule has 1 N–H and O–H groups in total. The maximum atomic E-state index is 12.6. The van der Waals surface area contributed by atoms with E-state index in [4.69, 9.17) is 18.4 Å². The molecule has 0 saturated carbocycles. The zero-order chi connectivity index (χ0) is 18.8. The Bertz CT molecular complexity index is 802. The zero-order valence-electron chi connectivity index (χ0n) is 14.9. The summed E-state index contributed by atoms with van der Waals surface area (Å²) in [6, 6.07) is 5.05. The van der Waals surface area contributed by atoms with E-state index in [-0.39, 0.29) is 35.5 Å². The highest BCUT2D eigenvalue weighted by molar-refractivity contribution is 5.91. The number of hydrogen-bond acceptors (Lipinski definition) is 7. The number of furan rings is 1. The number of nitrogens with zero attached hydrogens (tertiary/aromatic N) is 2. The Balaban J connectivity index is 1.32. The Kier molecular flexibility index (Phi) is 4.85. The topological polar surface area (TPSA) is 107 Å². The van der Waals surface area contributed by atoms with Gasteiger partial charge in [-0.3, -0.25) is 9.59 Å². The van der Waals surface area contributed by atoms with Crippen LogP contribution in [0.4, 0.5) is 0 Å². The molecule has 2 aromatic heterocycles. The number of fused-ring (bicyclic) bond motifs is 1. The first-order chi connectivity index (χ1) is 13.1. The number of hydrogen-bond donors (Lipinski definition) is 1. The lowest BCUT2D eigenvalue weighted by Gasteiger charge is -2.33. The van der Waals surface area contributed by atoms with Crippen LogP contribution in [0.5, 0.6) is 5.88 Å². The predicted molar refractivity (Wildman–Crippen MR) is 90.9 cm³/mol. The van der Waals surface area contributed by atoms with Gasteiger partial charge < -0.3 is 28.6 Å². The largest absolute Gasteiger partial charge is 0.479 e. The summed E-state index contributed by atoms with van der Waals surface area (Å²) in [5, 5.41) is 6.49. The smallest absolute Gasteiger partial charge is 0.292 e. The summed E-state index contributed by atoms with van der Waals surface area (Å²) < 4.78 is 21.1. The summed E-state index contributed by atoms with van der Waals surface area (Å²) in [4.78, 5) is 26.6. The molecule has 27 heavy (non-hydrogen) atoms. The minimum Gasteiger partial charge on any atom is -0.479 e. The van der Waals surface area contributed by atoms with Crippen molar-refractivity contribution in [1.82, 2.24) is 15.4 Å². The number of ether oxygens (including phenoxy) is 2. The van der Waals surface area contributed by atoms with Gasteiger partial charge >= 0.3 is 0 Å². The van der Waals surface area contributed by atoms with Gasteiger partial charge in [-0.1, -0.05) is 0 Å². The van der Waals surface area contributed by atoms with E-state index in [0.717, 1.165) is 6.42 Å². The summed E-state index contributed by atoms with van der Waals surface area (Å²) in [5.74, 6) is 0.947. The molecule has 9 nitrogen and oxygen atoms in total. The van der Waals surface area contributed by atoms with Gasteiger partial charge in [-0.25, -0.2) is 0 Å². The van der Waals surface area contributed by atoms with Crippen molar-refractivity contribution >= 4 is 11.8 Å². The summed E-state index contributed by atoms with van der Waals surface area (Å²) in [6.07, 6.45) is 2.34. The van der Waals surface area contributed by atoms with Crippen molar-refractivity contribution in [2.75, 3.05) is 20.2 Å². The van der Waals surface area contributed by atoms with E-state index >= 15 is 0 Å². The summed E-state index contributed by atoms with van der Waals surface area (Å²) >= 11 is 0. The molecule has 0 aliphatic carbocycles. The highest BCUT2D eigenvalue weighted by atomic mass is 16.5. The number of likely N-dealkylation sites (tertiary alicyclic amines) is 1. The average molecular weight is 375 g/mol. The molecule has 2 fully saturated rings. The lowest BCUT2D eigenvalue weighted by atomic mass is 9.91. The number of methoxy groups -OCH3 is 1. The number of carbonyl (C=O) groups is 2. The van der Waals surface area contributed by atoms with Gasteiger partial charge in [0.25, 0.3) is 11.8 Å². The molecule has 2 aliphatic heterocycles. The molecule has 2 aliphatic rings. The summed E-state index contributed by atoms with van der Waals surface area (Å²) in [6.45, 7) is 1.35. The second kappa shape index (κ2) is 7.43. The number of aromatic nitrogens is 1. The third-order valence-electron chi connectivity index (χ3n) is 5.06. The molecular weight excluding hydrogens is 354 g/mol. The molecule has 0 unspecified atom stereocenters. The molecule has 4 heterocycles. The van der Waals surface area contributed by atoms with Gasteiger partial charge in [0, 0.05) is 13.1 Å². The molecule has 9 heteroatoms. The molecule has 144 valence electrons. The van der Waals surface area contributed by atoms with E-state index in [1.807, 2.05) is 0 Å². The van der Waals surface area contributed by atoms with Crippen LogP contribution in [0.1, 0.15) is 29.2 Å². The second-order valence-electron chi connectivity index (χ2n) is 6.73. The van der Waals surface area contributed by atoms with E-state index < -0.39 is 6.10 Å². The van der Waals surface area contributed by atoms with E-state index in [0.29, 0.717) is 31.8 Å². The number of rotatable bonds is 5. The van der Waals surface area contributed by atoms with Gasteiger partial charge in [0.15, 0.2) is 0 Å². The Hall–Kier alpha value is -2.81. The van der Waals surface area contributed by atoms with E-state index in [9.17, 15) is 9.59 Å². The number of piperidine rings is 1. The Labute approximate surface area is 155 Å². The molecule has 0 spiro atoms. The van der Waals surface area contributed by atoms with Crippen LogP contribution in [0.3, 0.4) is 0 Å². The molecule has 2 saturated heterocycles. The van der Waals surface area contributed by atoms with Crippen molar-refractivity contribution < 1.29 is 28.0 Å². The van der Waals surface area contributed by atoms with Crippen molar-refractivity contribution in [3.8, 4) is 5.88 Å². The number of amides is 2. The summed E-state index contributed by atoms with van der Waals surface area (Å²) in [5.41, 5.74) is 0. The molecule has 3 atom stereocenters. The van der Waals surface area contributed by atoms with Crippen molar-refractivity contribution in [3.05, 3.63) is 36.0 Å². The molecule has 0 bridgehead atoms. The quantitative estimate of drug-likeness (QED) is 0.837. The van der Waals surface area contributed by atoms with Crippen LogP contribution in [0.15, 0.2) is 33.4 Å². The standard InChI is InChI=1S/C18H21N3O6/c1-24-16-8-14(27-20-16)18(23)21-5-4-11-7-13(26-15(11)10-21)17(22)19-9-12-3-2-6-25-12/h2-3,6,8,11,13,15H,4-5,7,9-10H2,1H3,(H,19,22)/t11-,13+,15+/m1/s1. The van der Waals surface area contributed by atoms with E-state index in [1.165, 1.54) is 13.2 Å². The lowest BCUT2D eigenvalue weighted by molar-refractivity contribution is -0.132. The van der Waals surface area contributed by atoms with Crippen LogP contribution in [-0.4, -0.2) is 54.3 Å². The molecule has 0 aromatic carbocycles. The fraction of sp³-hybridized carbons (Fsp3) is 0.500. The molecular formula is C18H21N3O6. The first-order valence-electron chi connectivity index (χ1n) is 8.89. The van der Waals surface area contributed by atoms with E-state index in [2.05, 4.69) is 10.5 Å². The third kappa shape index (κ3) is 3.68. The SMILES string of the molecule is COc1cc(C(=O)N2CC[C@@H]3C[C@@H](C(=O)NCc4ccco4)O[C@H]3C2)on1. The molecule has 0 radical (unpaired) electrons. The van der Waals surface area contributed by atoms with Crippen molar-refractivity contribution in [2.24, 2.45) is 5.92 Å². The second-order valence-corrected chi connectivity index (χ2v) is 6.73. The van der Waals surface area contributed by atoms with Gasteiger partial charge in [0.2, 0.25) is 11.7 Å². The minimum absolute atomic E-state index is 0.135. The fourth-order valence-corrected chi connectivity index (χ4v) is 3.60. The van der Waals surface area contributed by atoms with Gasteiger partial charge in [-0.15, -0.1) is 0 Å². The van der Waals surface area contributed by atoms with Crippen molar-refractivity contribution in [2.45, 2.75) is 31.6 Å². The predicted octanol–water partition coefficient (Wildman–Crippen LogP) is 1.21. The van der Waals surface area contributed by atoms with Crippen molar-refractivity contribution in [1.29, 1.82) is 0 Å². The maximum Gasteiger partial charge on any atom is 0.292 e. The van der Waals surface area contributed by atoms with Crippen LogP contribution < -0.4 is 10.1 Å². The Morgan fingerprint density at radius 3 is 3.07 bits per heavy atom.